The largest absolute Gasteiger partial charge is 0.345 e. The molecule has 0 aliphatic rings. The van der Waals surface area contributed by atoms with E-state index in [1.807, 2.05) is 56.8 Å². The van der Waals surface area contributed by atoms with E-state index in [-0.39, 0.29) is 23.0 Å². The summed E-state index contributed by atoms with van der Waals surface area (Å²) >= 11 is 1.90. The Morgan fingerprint density at radius 1 is 1.04 bits per heavy atom. The highest BCUT2D eigenvalue weighted by Crippen LogP contribution is 2.37. The van der Waals surface area contributed by atoms with Gasteiger partial charge in [0.1, 0.15) is 0 Å². The summed E-state index contributed by atoms with van der Waals surface area (Å²) in [5.74, 6) is -0.178. The second-order valence-corrected chi connectivity index (χ2v) is 10.0. The van der Waals surface area contributed by atoms with Crippen LogP contribution in [-0.2, 0) is 4.79 Å². The number of rotatable bonds is 5. The van der Waals surface area contributed by atoms with E-state index >= 15 is 0 Å². The van der Waals surface area contributed by atoms with Crippen LogP contribution in [0.25, 0.3) is 0 Å². The highest BCUT2D eigenvalue weighted by atomic mass is 32.2. The summed E-state index contributed by atoms with van der Waals surface area (Å²) in [6, 6.07) is 7.63. The molecule has 1 N–H and O–H groups in total. The second kappa shape index (κ2) is 7.52. The second-order valence-electron chi connectivity index (χ2n) is 7.85. The number of hydrogen-bond donors (Lipinski definition) is 1. The molecule has 4 heteroatoms. The highest BCUT2D eigenvalue weighted by Gasteiger charge is 2.22. The van der Waals surface area contributed by atoms with Gasteiger partial charge in [0, 0.05) is 21.0 Å². The van der Waals surface area contributed by atoms with E-state index in [9.17, 15) is 9.59 Å². The molecular formula is C19H29NO2S. The Bertz CT molecular complexity index is 550. The minimum Gasteiger partial charge on any atom is -0.345 e. The van der Waals surface area contributed by atoms with Crippen LogP contribution in [0.2, 0.25) is 0 Å². The van der Waals surface area contributed by atoms with E-state index < -0.39 is 5.41 Å². The Morgan fingerprint density at radius 3 is 2.00 bits per heavy atom. The maximum atomic E-state index is 12.1. The zero-order chi connectivity index (χ0) is 17.8. The molecule has 128 valence electrons. The number of amides is 1. The van der Waals surface area contributed by atoms with Gasteiger partial charge in [-0.1, -0.05) is 53.7 Å². The third kappa shape index (κ3) is 6.78. The number of carbonyl (C=O) groups is 2. The van der Waals surface area contributed by atoms with Crippen LogP contribution in [-0.4, -0.2) is 23.0 Å². The summed E-state index contributed by atoms with van der Waals surface area (Å²) in [5, 5.41) is 3.07. The fourth-order valence-corrected chi connectivity index (χ4v) is 3.39. The van der Waals surface area contributed by atoms with Gasteiger partial charge < -0.3 is 5.32 Å². The highest BCUT2D eigenvalue weighted by molar-refractivity contribution is 8.00. The van der Waals surface area contributed by atoms with E-state index in [2.05, 4.69) is 33.0 Å². The van der Waals surface area contributed by atoms with Crippen molar-refractivity contribution in [3.8, 4) is 0 Å². The minimum absolute atomic E-state index is 0.0256. The van der Waals surface area contributed by atoms with Crippen molar-refractivity contribution in [2.75, 3.05) is 6.54 Å². The van der Waals surface area contributed by atoms with Crippen molar-refractivity contribution in [1.82, 2.24) is 5.32 Å². The van der Waals surface area contributed by atoms with Crippen LogP contribution in [0, 0.1) is 5.41 Å². The minimum atomic E-state index is -0.434. The van der Waals surface area contributed by atoms with E-state index in [0.717, 1.165) is 0 Å². The molecule has 1 aromatic carbocycles. The van der Waals surface area contributed by atoms with E-state index in [4.69, 9.17) is 0 Å². The quantitative estimate of drug-likeness (QED) is 0.853. The maximum absolute atomic E-state index is 12.1. The van der Waals surface area contributed by atoms with Crippen LogP contribution in [0.1, 0.15) is 69.6 Å². The van der Waals surface area contributed by atoms with Crippen molar-refractivity contribution in [3.05, 3.63) is 35.4 Å². The van der Waals surface area contributed by atoms with Gasteiger partial charge in [-0.05, 0) is 24.6 Å². The molecule has 0 aromatic heterocycles. The number of nitrogens with one attached hydrogen (secondary N) is 1. The van der Waals surface area contributed by atoms with Gasteiger partial charge in [-0.2, -0.15) is 0 Å². The van der Waals surface area contributed by atoms with Crippen LogP contribution in [0.3, 0.4) is 0 Å². The zero-order valence-electron chi connectivity index (χ0n) is 15.3. The first-order valence-electron chi connectivity index (χ1n) is 7.99. The van der Waals surface area contributed by atoms with Gasteiger partial charge in [0.25, 0.3) is 5.91 Å². The predicted molar refractivity (Wildman–Crippen MR) is 99.0 cm³/mol. The first-order valence-corrected chi connectivity index (χ1v) is 8.87. The number of carbonyl (C=O) groups excluding carboxylic acids is 2. The molecule has 0 spiro atoms. The maximum Gasteiger partial charge on any atom is 0.251 e. The van der Waals surface area contributed by atoms with Crippen LogP contribution in [0.4, 0.5) is 0 Å². The van der Waals surface area contributed by atoms with Crippen LogP contribution in [0.5, 0.6) is 0 Å². The average molecular weight is 336 g/mol. The predicted octanol–water partition coefficient (Wildman–Crippen LogP) is 4.62. The smallest absolute Gasteiger partial charge is 0.251 e. The molecule has 0 saturated heterocycles. The first kappa shape index (κ1) is 19.8. The lowest BCUT2D eigenvalue weighted by Crippen LogP contribution is -2.35. The van der Waals surface area contributed by atoms with Crippen molar-refractivity contribution >= 4 is 23.5 Å². The van der Waals surface area contributed by atoms with Gasteiger partial charge in [-0.15, -0.1) is 11.8 Å². The summed E-state index contributed by atoms with van der Waals surface area (Å²) in [5.41, 5.74) is 1.35. The van der Waals surface area contributed by atoms with E-state index in [1.54, 1.807) is 0 Å². The average Bonchev–Trinajstić information content (AvgIpc) is 2.41. The van der Waals surface area contributed by atoms with Gasteiger partial charge in [-0.3, -0.25) is 9.59 Å². The molecule has 0 radical (unpaired) electrons. The van der Waals surface area contributed by atoms with Crippen LogP contribution >= 0.6 is 11.8 Å². The molecule has 1 aromatic rings. The molecule has 1 rings (SSSR count). The third-order valence-corrected chi connectivity index (χ3v) is 4.75. The molecule has 0 bridgehead atoms. The summed E-state index contributed by atoms with van der Waals surface area (Å²) in [7, 11) is 0. The molecule has 23 heavy (non-hydrogen) atoms. The summed E-state index contributed by atoms with van der Waals surface area (Å²) in [6.45, 7) is 14.4. The molecule has 0 saturated carbocycles. The summed E-state index contributed by atoms with van der Waals surface area (Å²) < 4.78 is 0.197. The monoisotopic (exact) mass is 335 g/mol. The summed E-state index contributed by atoms with van der Waals surface area (Å²) in [6.07, 6.45) is 0. The van der Waals surface area contributed by atoms with Crippen molar-refractivity contribution < 1.29 is 9.59 Å². The fourth-order valence-electron chi connectivity index (χ4n) is 2.03. The van der Waals surface area contributed by atoms with Crippen molar-refractivity contribution in [3.63, 3.8) is 0 Å². The van der Waals surface area contributed by atoms with Gasteiger partial charge >= 0.3 is 0 Å². The Morgan fingerprint density at radius 2 is 1.57 bits per heavy atom. The lowest BCUT2D eigenvalue weighted by Gasteiger charge is -2.23. The number of benzene rings is 1. The molecule has 0 aliphatic carbocycles. The van der Waals surface area contributed by atoms with Crippen molar-refractivity contribution in [1.29, 1.82) is 0 Å². The van der Waals surface area contributed by atoms with Gasteiger partial charge in [0.2, 0.25) is 0 Å². The third-order valence-electron chi connectivity index (χ3n) is 3.42. The molecule has 0 fully saturated rings. The Hall–Kier alpha value is -1.29. The molecule has 3 nitrogen and oxygen atoms in total. The first-order chi connectivity index (χ1) is 10.4. The molecule has 1 atom stereocenters. The Balaban J connectivity index is 2.66. The lowest BCUT2D eigenvalue weighted by molar-refractivity contribution is -0.125. The van der Waals surface area contributed by atoms with Crippen molar-refractivity contribution in [2.24, 2.45) is 5.41 Å². The number of thioether (sulfide) groups is 1. The van der Waals surface area contributed by atoms with Crippen LogP contribution < -0.4 is 5.32 Å². The zero-order valence-corrected chi connectivity index (χ0v) is 16.1. The Labute approximate surface area is 144 Å². The normalized spacial score (nSPS) is 13.5. The molecule has 1 amide bonds. The standard InChI is InChI=1S/C19H29NO2S/c1-13(23-19(5,6)7)14-8-10-15(11-9-14)17(22)20-12-16(21)18(2,3)4/h8-11,13H,12H2,1-7H3,(H,20,22). The van der Waals surface area contributed by atoms with E-state index in [1.165, 1.54) is 5.56 Å². The topological polar surface area (TPSA) is 46.2 Å². The molecule has 1 unspecified atom stereocenters. The lowest BCUT2D eigenvalue weighted by atomic mass is 9.91. The number of Topliss-reactive ketones (excluding diaryl/α,β-unsaturated/α-hetero) is 1. The molecular weight excluding hydrogens is 306 g/mol. The number of hydrogen-bond acceptors (Lipinski definition) is 3. The molecule has 0 heterocycles. The van der Waals surface area contributed by atoms with Gasteiger partial charge in [0.05, 0.1) is 6.54 Å². The van der Waals surface area contributed by atoms with Crippen LogP contribution in [0.15, 0.2) is 24.3 Å². The van der Waals surface area contributed by atoms with Crippen molar-refractivity contribution in [2.45, 2.75) is 58.5 Å². The summed E-state index contributed by atoms with van der Waals surface area (Å²) in [4.78, 5) is 24.0. The SMILES string of the molecule is CC(SC(C)(C)C)c1ccc(C(=O)NCC(=O)C(C)(C)C)cc1. The van der Waals surface area contributed by atoms with Gasteiger partial charge in [-0.25, -0.2) is 0 Å². The fraction of sp³-hybridized carbons (Fsp3) is 0.579. The Kier molecular flexibility index (Phi) is 6.46. The van der Waals surface area contributed by atoms with E-state index in [0.29, 0.717) is 10.8 Å². The van der Waals surface area contributed by atoms with Gasteiger partial charge in [0.15, 0.2) is 5.78 Å². The number of ketones is 1. The molecule has 0 aliphatic heterocycles.